The largest absolute Gasteiger partial charge is 0.495 e. The van der Waals surface area contributed by atoms with Gasteiger partial charge < -0.3 is 10.1 Å². The Morgan fingerprint density at radius 3 is 2.85 bits per heavy atom. The third-order valence-corrected chi connectivity index (χ3v) is 2.06. The number of hydrogen-bond acceptors (Lipinski definition) is 3. The molecule has 0 radical (unpaired) electrons. The van der Waals surface area contributed by atoms with Crippen molar-refractivity contribution in [1.82, 2.24) is 4.98 Å². The Bertz CT molecular complexity index is 250. The molecule has 0 aliphatic rings. The number of hydrogen-bond donors (Lipinski definition) is 1. The first-order valence-electron chi connectivity index (χ1n) is 4.09. The number of nitrogens with zero attached hydrogens (tertiary/aromatic N) is 1. The predicted octanol–water partition coefficient (Wildman–Crippen LogP) is 2.13. The summed E-state index contributed by atoms with van der Waals surface area (Å²) < 4.78 is 4.98. The van der Waals surface area contributed by atoms with E-state index in [9.17, 15) is 0 Å². The smallest absolute Gasteiger partial charge is 0.137 e. The number of ether oxygens (including phenoxy) is 1. The first-order chi connectivity index (χ1) is 6.26. The summed E-state index contributed by atoms with van der Waals surface area (Å²) in [6, 6.07) is 3.94. The molecule has 1 aromatic heterocycles. The minimum atomic E-state index is 0.225. The maximum Gasteiger partial charge on any atom is 0.137 e. The zero-order valence-electron chi connectivity index (χ0n) is 7.75. The quantitative estimate of drug-likeness (QED) is 0.757. The molecule has 0 aliphatic carbocycles. The molecular weight excluding hydrogens is 188 g/mol. The molecule has 0 bridgehead atoms. The van der Waals surface area contributed by atoms with Crippen molar-refractivity contribution in [3.8, 4) is 5.75 Å². The average molecular weight is 201 g/mol. The number of rotatable bonds is 4. The van der Waals surface area contributed by atoms with Crippen LogP contribution in [0.5, 0.6) is 5.75 Å². The standard InChI is InChI=1S/C9H13ClN2O/c1-7(5-10)12-9-4-3-8(13-2)6-11-9/h3-4,6-7H,5H2,1-2H3,(H,11,12). The number of aromatic nitrogens is 1. The summed E-state index contributed by atoms with van der Waals surface area (Å²) in [7, 11) is 1.62. The first-order valence-corrected chi connectivity index (χ1v) is 4.62. The highest BCUT2D eigenvalue weighted by Gasteiger charge is 2.00. The van der Waals surface area contributed by atoms with Gasteiger partial charge in [-0.3, -0.25) is 0 Å². The molecule has 1 atom stereocenters. The van der Waals surface area contributed by atoms with Crippen LogP contribution in [0.15, 0.2) is 18.3 Å². The molecule has 4 heteroatoms. The summed E-state index contributed by atoms with van der Waals surface area (Å²) in [6.45, 7) is 2.00. The lowest BCUT2D eigenvalue weighted by Crippen LogP contribution is -2.17. The van der Waals surface area contributed by atoms with Crippen LogP contribution < -0.4 is 10.1 Å². The number of nitrogens with one attached hydrogen (secondary N) is 1. The van der Waals surface area contributed by atoms with Crippen molar-refractivity contribution in [2.75, 3.05) is 18.3 Å². The summed E-state index contributed by atoms with van der Waals surface area (Å²) >= 11 is 5.65. The van der Waals surface area contributed by atoms with Crippen LogP contribution in [-0.4, -0.2) is 24.0 Å². The van der Waals surface area contributed by atoms with Gasteiger partial charge in [0.2, 0.25) is 0 Å². The lowest BCUT2D eigenvalue weighted by molar-refractivity contribution is 0.413. The van der Waals surface area contributed by atoms with Crippen LogP contribution >= 0.6 is 11.6 Å². The van der Waals surface area contributed by atoms with Gasteiger partial charge in [0.1, 0.15) is 11.6 Å². The maximum absolute atomic E-state index is 5.65. The van der Waals surface area contributed by atoms with Crippen molar-refractivity contribution in [2.45, 2.75) is 13.0 Å². The van der Waals surface area contributed by atoms with Crippen molar-refractivity contribution < 1.29 is 4.74 Å². The second-order valence-corrected chi connectivity index (χ2v) is 3.09. The van der Waals surface area contributed by atoms with E-state index in [0.29, 0.717) is 5.88 Å². The first kappa shape index (κ1) is 10.1. The van der Waals surface area contributed by atoms with E-state index >= 15 is 0 Å². The molecule has 1 N–H and O–H groups in total. The van der Waals surface area contributed by atoms with E-state index in [1.807, 2.05) is 19.1 Å². The number of pyridine rings is 1. The Morgan fingerprint density at radius 2 is 2.38 bits per heavy atom. The van der Waals surface area contributed by atoms with Gasteiger partial charge in [0.25, 0.3) is 0 Å². The van der Waals surface area contributed by atoms with Gasteiger partial charge in [-0.05, 0) is 19.1 Å². The fraction of sp³-hybridized carbons (Fsp3) is 0.444. The van der Waals surface area contributed by atoms with E-state index in [1.54, 1.807) is 13.3 Å². The van der Waals surface area contributed by atoms with Crippen LogP contribution in [-0.2, 0) is 0 Å². The van der Waals surface area contributed by atoms with Crippen molar-refractivity contribution in [3.63, 3.8) is 0 Å². The number of anilines is 1. The third-order valence-electron chi connectivity index (χ3n) is 1.60. The third kappa shape index (κ3) is 3.11. The lowest BCUT2D eigenvalue weighted by atomic mass is 10.3. The topological polar surface area (TPSA) is 34.1 Å². The van der Waals surface area contributed by atoms with Crippen LogP contribution in [0.25, 0.3) is 0 Å². The van der Waals surface area contributed by atoms with Crippen molar-refractivity contribution in [1.29, 1.82) is 0 Å². The highest BCUT2D eigenvalue weighted by molar-refractivity contribution is 6.18. The summed E-state index contributed by atoms with van der Waals surface area (Å²) in [5.41, 5.74) is 0. The number of methoxy groups -OCH3 is 1. The Hall–Kier alpha value is -0.960. The Kier molecular flexibility index (Phi) is 3.83. The molecule has 0 aromatic carbocycles. The minimum absolute atomic E-state index is 0.225. The van der Waals surface area contributed by atoms with Crippen molar-refractivity contribution in [2.24, 2.45) is 0 Å². The lowest BCUT2D eigenvalue weighted by Gasteiger charge is -2.10. The molecule has 1 heterocycles. The molecule has 13 heavy (non-hydrogen) atoms. The van der Waals surface area contributed by atoms with Gasteiger partial charge in [-0.25, -0.2) is 4.98 Å². The number of alkyl halides is 1. The molecular formula is C9H13ClN2O. The molecule has 0 fully saturated rings. The molecule has 1 aromatic rings. The molecule has 0 aliphatic heterocycles. The minimum Gasteiger partial charge on any atom is -0.495 e. The molecule has 0 saturated heterocycles. The van der Waals surface area contributed by atoms with Gasteiger partial charge in [0.05, 0.1) is 13.3 Å². The van der Waals surface area contributed by atoms with Gasteiger partial charge >= 0.3 is 0 Å². The van der Waals surface area contributed by atoms with E-state index in [4.69, 9.17) is 16.3 Å². The summed E-state index contributed by atoms with van der Waals surface area (Å²) in [6.07, 6.45) is 1.67. The van der Waals surface area contributed by atoms with E-state index in [0.717, 1.165) is 11.6 Å². The zero-order valence-corrected chi connectivity index (χ0v) is 8.51. The van der Waals surface area contributed by atoms with E-state index in [2.05, 4.69) is 10.3 Å². The molecule has 1 unspecified atom stereocenters. The predicted molar refractivity (Wildman–Crippen MR) is 54.6 cm³/mol. The van der Waals surface area contributed by atoms with Crippen LogP contribution in [0, 0.1) is 0 Å². The zero-order chi connectivity index (χ0) is 9.68. The fourth-order valence-electron chi connectivity index (χ4n) is 0.877. The molecule has 0 amide bonds. The molecule has 3 nitrogen and oxygen atoms in total. The Balaban J connectivity index is 2.58. The highest BCUT2D eigenvalue weighted by Crippen LogP contribution is 2.11. The van der Waals surface area contributed by atoms with E-state index in [-0.39, 0.29) is 6.04 Å². The van der Waals surface area contributed by atoms with Crippen LogP contribution in [0.3, 0.4) is 0 Å². The van der Waals surface area contributed by atoms with Gasteiger partial charge in [0.15, 0.2) is 0 Å². The second-order valence-electron chi connectivity index (χ2n) is 2.78. The SMILES string of the molecule is COc1ccc(NC(C)CCl)nc1. The summed E-state index contributed by atoms with van der Waals surface area (Å²) in [5, 5.41) is 3.14. The molecule has 0 saturated carbocycles. The van der Waals surface area contributed by atoms with Crippen LogP contribution in [0.4, 0.5) is 5.82 Å². The van der Waals surface area contributed by atoms with Crippen molar-refractivity contribution in [3.05, 3.63) is 18.3 Å². The van der Waals surface area contributed by atoms with Gasteiger partial charge in [0, 0.05) is 11.9 Å². The monoisotopic (exact) mass is 200 g/mol. The van der Waals surface area contributed by atoms with Gasteiger partial charge in [-0.1, -0.05) is 0 Å². The fourth-order valence-corrected chi connectivity index (χ4v) is 0.955. The van der Waals surface area contributed by atoms with Gasteiger partial charge in [-0.15, -0.1) is 11.6 Å². The Labute approximate surface area is 83.1 Å². The number of halogens is 1. The van der Waals surface area contributed by atoms with Gasteiger partial charge in [-0.2, -0.15) is 0 Å². The molecule has 1 rings (SSSR count). The molecule has 0 spiro atoms. The van der Waals surface area contributed by atoms with Crippen LogP contribution in [0.1, 0.15) is 6.92 Å². The van der Waals surface area contributed by atoms with Crippen LogP contribution in [0.2, 0.25) is 0 Å². The average Bonchev–Trinajstić information content (AvgIpc) is 2.19. The highest BCUT2D eigenvalue weighted by atomic mass is 35.5. The normalized spacial score (nSPS) is 12.2. The summed E-state index contributed by atoms with van der Waals surface area (Å²) in [5.74, 6) is 2.13. The molecule has 72 valence electrons. The van der Waals surface area contributed by atoms with Crippen molar-refractivity contribution >= 4 is 17.4 Å². The van der Waals surface area contributed by atoms with E-state index < -0.39 is 0 Å². The summed E-state index contributed by atoms with van der Waals surface area (Å²) in [4.78, 5) is 4.14. The van der Waals surface area contributed by atoms with E-state index in [1.165, 1.54) is 0 Å². The Morgan fingerprint density at radius 1 is 1.62 bits per heavy atom. The maximum atomic E-state index is 5.65. The second kappa shape index (κ2) is 4.92.